The van der Waals surface area contributed by atoms with Gasteiger partial charge >= 0.3 is 0 Å². The Morgan fingerprint density at radius 2 is 1.85 bits per heavy atom. The summed E-state index contributed by atoms with van der Waals surface area (Å²) < 4.78 is 5.67. The molecule has 1 unspecified atom stereocenters. The van der Waals surface area contributed by atoms with E-state index in [1.165, 1.54) is 0 Å². The monoisotopic (exact) mass is 288 g/mol. The van der Waals surface area contributed by atoms with Gasteiger partial charge in [0.2, 0.25) is 5.78 Å². The summed E-state index contributed by atoms with van der Waals surface area (Å²) in [6, 6.07) is 13.0. The lowest BCUT2D eigenvalue weighted by atomic mass is 9.99. The lowest BCUT2D eigenvalue weighted by Gasteiger charge is -2.16. The summed E-state index contributed by atoms with van der Waals surface area (Å²) in [5.74, 6) is 0.492. The quantitative estimate of drug-likeness (QED) is 0.768. The third-order valence-corrected chi connectivity index (χ3v) is 3.48. The van der Waals surface area contributed by atoms with E-state index in [9.17, 15) is 4.79 Å². The number of para-hydroxylation sites is 1. The molecule has 2 aromatic carbocycles. The molecule has 104 valence electrons. The van der Waals surface area contributed by atoms with Gasteiger partial charge in [0.25, 0.3) is 0 Å². The normalized spacial score (nSPS) is 12.0. The zero-order valence-corrected chi connectivity index (χ0v) is 12.6. The summed E-state index contributed by atoms with van der Waals surface area (Å²) in [4.78, 5) is 12.5. The van der Waals surface area contributed by atoms with Crippen molar-refractivity contribution >= 4 is 17.4 Å². The van der Waals surface area contributed by atoms with Gasteiger partial charge in [-0.25, -0.2) is 0 Å². The Bertz CT molecular complexity index is 635. The molecule has 0 N–H and O–H groups in total. The van der Waals surface area contributed by atoms with Crippen LogP contribution < -0.4 is 4.74 Å². The second-order valence-electron chi connectivity index (χ2n) is 4.87. The average molecular weight is 289 g/mol. The van der Waals surface area contributed by atoms with E-state index in [4.69, 9.17) is 16.3 Å². The van der Waals surface area contributed by atoms with Gasteiger partial charge in [-0.2, -0.15) is 0 Å². The van der Waals surface area contributed by atoms with Crippen LogP contribution in [0.3, 0.4) is 0 Å². The molecule has 0 heterocycles. The SMILES string of the molecule is Cc1ccc(C)c(C(=O)C(C)Oc2ccccc2Cl)c1. The molecule has 0 amide bonds. The Kier molecular flexibility index (Phi) is 4.46. The van der Waals surface area contributed by atoms with Gasteiger partial charge in [0, 0.05) is 5.56 Å². The highest BCUT2D eigenvalue weighted by Crippen LogP contribution is 2.25. The molecule has 3 heteroatoms. The molecule has 0 fully saturated rings. The van der Waals surface area contributed by atoms with Crippen LogP contribution in [0.2, 0.25) is 5.02 Å². The summed E-state index contributed by atoms with van der Waals surface area (Å²) >= 11 is 6.04. The van der Waals surface area contributed by atoms with Crippen molar-refractivity contribution < 1.29 is 9.53 Å². The van der Waals surface area contributed by atoms with Crippen LogP contribution in [0, 0.1) is 13.8 Å². The van der Waals surface area contributed by atoms with Crippen molar-refractivity contribution in [2.75, 3.05) is 0 Å². The first-order chi connectivity index (χ1) is 9.49. The molecule has 0 aromatic heterocycles. The van der Waals surface area contributed by atoms with Gasteiger partial charge in [-0.15, -0.1) is 0 Å². The number of ketones is 1. The number of ether oxygens (including phenoxy) is 1. The van der Waals surface area contributed by atoms with Gasteiger partial charge in [0.1, 0.15) is 5.75 Å². The minimum Gasteiger partial charge on any atom is -0.481 e. The van der Waals surface area contributed by atoms with Crippen LogP contribution in [0.15, 0.2) is 42.5 Å². The zero-order valence-electron chi connectivity index (χ0n) is 11.8. The van der Waals surface area contributed by atoms with Crippen LogP contribution in [0.25, 0.3) is 0 Å². The number of carbonyl (C=O) groups excluding carboxylic acids is 1. The highest BCUT2D eigenvalue weighted by molar-refractivity contribution is 6.32. The number of hydrogen-bond acceptors (Lipinski definition) is 2. The van der Waals surface area contributed by atoms with Gasteiger partial charge in [0.15, 0.2) is 6.10 Å². The van der Waals surface area contributed by atoms with E-state index in [2.05, 4.69) is 0 Å². The van der Waals surface area contributed by atoms with E-state index in [0.717, 1.165) is 11.1 Å². The lowest BCUT2D eigenvalue weighted by Crippen LogP contribution is -2.24. The summed E-state index contributed by atoms with van der Waals surface area (Å²) in [6.07, 6.45) is -0.574. The molecule has 0 aliphatic carbocycles. The summed E-state index contributed by atoms with van der Waals surface area (Å²) in [5.41, 5.74) is 2.71. The van der Waals surface area contributed by atoms with Gasteiger partial charge < -0.3 is 4.74 Å². The standard InChI is InChI=1S/C17H17ClO2/c1-11-8-9-12(2)14(10-11)17(19)13(3)20-16-7-5-4-6-15(16)18/h4-10,13H,1-3H3. The molecule has 20 heavy (non-hydrogen) atoms. The minimum absolute atomic E-state index is 0.0360. The maximum atomic E-state index is 12.5. The van der Waals surface area contributed by atoms with Crippen molar-refractivity contribution in [3.8, 4) is 5.75 Å². The highest BCUT2D eigenvalue weighted by atomic mass is 35.5. The Labute approximate surface area is 124 Å². The van der Waals surface area contributed by atoms with E-state index in [1.807, 2.05) is 44.2 Å². The predicted octanol–water partition coefficient (Wildman–Crippen LogP) is 4.61. The topological polar surface area (TPSA) is 26.3 Å². The van der Waals surface area contributed by atoms with E-state index in [-0.39, 0.29) is 5.78 Å². The number of aryl methyl sites for hydroxylation is 2. The Hall–Kier alpha value is -1.80. The maximum Gasteiger partial charge on any atom is 0.203 e. The first-order valence-corrected chi connectivity index (χ1v) is 6.89. The van der Waals surface area contributed by atoms with E-state index in [1.54, 1.807) is 19.1 Å². The number of halogens is 1. The summed E-state index contributed by atoms with van der Waals surface area (Å²) in [7, 11) is 0. The third-order valence-electron chi connectivity index (χ3n) is 3.17. The molecule has 2 nitrogen and oxygen atoms in total. The minimum atomic E-state index is -0.574. The molecule has 0 spiro atoms. The van der Waals surface area contributed by atoms with Crippen molar-refractivity contribution in [1.29, 1.82) is 0 Å². The maximum absolute atomic E-state index is 12.5. The molecule has 0 aliphatic heterocycles. The Morgan fingerprint density at radius 1 is 1.15 bits per heavy atom. The molecular formula is C17H17ClO2. The molecule has 0 saturated carbocycles. The second-order valence-corrected chi connectivity index (χ2v) is 5.28. The zero-order chi connectivity index (χ0) is 14.7. The number of rotatable bonds is 4. The third kappa shape index (κ3) is 3.20. The number of hydrogen-bond donors (Lipinski definition) is 0. The van der Waals surface area contributed by atoms with Gasteiger partial charge in [-0.3, -0.25) is 4.79 Å². The Morgan fingerprint density at radius 3 is 2.55 bits per heavy atom. The van der Waals surface area contributed by atoms with Crippen LogP contribution >= 0.6 is 11.6 Å². The fourth-order valence-electron chi connectivity index (χ4n) is 2.00. The number of benzene rings is 2. The molecule has 2 aromatic rings. The predicted molar refractivity (Wildman–Crippen MR) is 81.8 cm³/mol. The van der Waals surface area contributed by atoms with Crippen molar-refractivity contribution in [1.82, 2.24) is 0 Å². The largest absolute Gasteiger partial charge is 0.481 e. The summed E-state index contributed by atoms with van der Waals surface area (Å²) in [5, 5.41) is 0.508. The van der Waals surface area contributed by atoms with E-state index in [0.29, 0.717) is 16.3 Å². The van der Waals surface area contributed by atoms with Crippen molar-refractivity contribution in [2.45, 2.75) is 26.9 Å². The first kappa shape index (κ1) is 14.6. The van der Waals surface area contributed by atoms with Crippen LogP contribution in [0.1, 0.15) is 28.4 Å². The van der Waals surface area contributed by atoms with Crippen LogP contribution in [-0.2, 0) is 0 Å². The fraction of sp³-hybridized carbons (Fsp3) is 0.235. The lowest BCUT2D eigenvalue weighted by molar-refractivity contribution is 0.0817. The van der Waals surface area contributed by atoms with Crippen molar-refractivity contribution in [2.24, 2.45) is 0 Å². The van der Waals surface area contributed by atoms with Gasteiger partial charge in [-0.05, 0) is 44.5 Å². The van der Waals surface area contributed by atoms with Crippen LogP contribution in [-0.4, -0.2) is 11.9 Å². The molecule has 0 radical (unpaired) electrons. The van der Waals surface area contributed by atoms with E-state index < -0.39 is 6.10 Å². The number of carbonyl (C=O) groups is 1. The van der Waals surface area contributed by atoms with Crippen molar-refractivity contribution in [3.05, 3.63) is 64.2 Å². The van der Waals surface area contributed by atoms with Crippen LogP contribution in [0.4, 0.5) is 0 Å². The van der Waals surface area contributed by atoms with Crippen LogP contribution in [0.5, 0.6) is 5.75 Å². The number of Topliss-reactive ketones (excluding diaryl/α,β-unsaturated/α-hetero) is 1. The molecular weight excluding hydrogens is 272 g/mol. The molecule has 1 atom stereocenters. The Balaban J connectivity index is 2.21. The average Bonchev–Trinajstić information content (AvgIpc) is 2.43. The summed E-state index contributed by atoms with van der Waals surface area (Å²) in [6.45, 7) is 5.64. The van der Waals surface area contributed by atoms with Crippen molar-refractivity contribution in [3.63, 3.8) is 0 Å². The van der Waals surface area contributed by atoms with Gasteiger partial charge in [-0.1, -0.05) is 41.4 Å². The first-order valence-electron chi connectivity index (χ1n) is 6.51. The molecule has 0 saturated heterocycles. The smallest absolute Gasteiger partial charge is 0.203 e. The molecule has 0 bridgehead atoms. The molecule has 2 rings (SSSR count). The highest BCUT2D eigenvalue weighted by Gasteiger charge is 2.19. The second kappa shape index (κ2) is 6.10. The fourth-order valence-corrected chi connectivity index (χ4v) is 2.18. The van der Waals surface area contributed by atoms with E-state index >= 15 is 0 Å². The molecule has 0 aliphatic rings. The van der Waals surface area contributed by atoms with Gasteiger partial charge in [0.05, 0.1) is 5.02 Å².